The molecule has 0 saturated heterocycles. The molecular formula is C11H16N2O3S2. The predicted molar refractivity (Wildman–Crippen MR) is 74.7 cm³/mol. The monoisotopic (exact) mass is 288 g/mol. The van der Waals surface area contributed by atoms with Gasteiger partial charge in [0.2, 0.25) is 5.91 Å². The van der Waals surface area contributed by atoms with E-state index in [-0.39, 0.29) is 16.2 Å². The number of thioether (sulfide) groups is 1. The van der Waals surface area contributed by atoms with Crippen molar-refractivity contribution in [1.82, 2.24) is 4.37 Å². The van der Waals surface area contributed by atoms with Crippen LogP contribution in [-0.2, 0) is 4.79 Å². The Balaban J connectivity index is 2.68. The van der Waals surface area contributed by atoms with E-state index >= 15 is 0 Å². The summed E-state index contributed by atoms with van der Waals surface area (Å²) in [5.41, 5.74) is 0.500. The lowest BCUT2D eigenvalue weighted by Gasteiger charge is -2.16. The van der Waals surface area contributed by atoms with Gasteiger partial charge in [-0.05, 0) is 18.5 Å². The summed E-state index contributed by atoms with van der Waals surface area (Å²) in [5, 5.41) is 11.9. The number of amides is 1. The molecule has 0 aliphatic rings. The van der Waals surface area contributed by atoms with Crippen LogP contribution < -0.4 is 5.32 Å². The van der Waals surface area contributed by atoms with E-state index in [1.165, 1.54) is 11.8 Å². The molecule has 5 nitrogen and oxygen atoms in total. The van der Waals surface area contributed by atoms with E-state index in [1.54, 1.807) is 6.92 Å². The van der Waals surface area contributed by atoms with Crippen LogP contribution in [0.1, 0.15) is 36.8 Å². The van der Waals surface area contributed by atoms with Gasteiger partial charge in [-0.25, -0.2) is 4.79 Å². The number of carboxylic acids is 1. The maximum Gasteiger partial charge on any atom is 0.340 e. The molecular weight excluding hydrogens is 272 g/mol. The van der Waals surface area contributed by atoms with Crippen LogP contribution in [0.5, 0.6) is 0 Å². The van der Waals surface area contributed by atoms with E-state index in [1.807, 2.05) is 20.8 Å². The molecule has 0 bridgehead atoms. The number of nitrogens with one attached hydrogen (secondary N) is 1. The van der Waals surface area contributed by atoms with Crippen LogP contribution in [0.2, 0.25) is 0 Å². The fourth-order valence-corrected chi connectivity index (χ4v) is 2.59. The lowest BCUT2D eigenvalue weighted by Crippen LogP contribution is -2.19. The van der Waals surface area contributed by atoms with Gasteiger partial charge in [0.1, 0.15) is 10.6 Å². The SMILES string of the molecule is Cc1nsc(NC(=O)CSC(C)(C)C)c1C(=O)O. The second-order valence-electron chi connectivity index (χ2n) is 4.73. The van der Waals surface area contributed by atoms with E-state index in [4.69, 9.17) is 5.11 Å². The van der Waals surface area contributed by atoms with Gasteiger partial charge in [0.15, 0.2) is 0 Å². The summed E-state index contributed by atoms with van der Waals surface area (Å²) in [6.07, 6.45) is 0. The van der Waals surface area contributed by atoms with Crippen LogP contribution in [0, 0.1) is 6.92 Å². The molecule has 1 aromatic rings. The van der Waals surface area contributed by atoms with Crippen LogP contribution in [-0.4, -0.2) is 31.9 Å². The van der Waals surface area contributed by atoms with E-state index in [2.05, 4.69) is 9.69 Å². The van der Waals surface area contributed by atoms with Crippen molar-refractivity contribution in [3.63, 3.8) is 0 Å². The van der Waals surface area contributed by atoms with Gasteiger partial charge >= 0.3 is 5.97 Å². The Morgan fingerprint density at radius 1 is 1.44 bits per heavy atom. The summed E-state index contributed by atoms with van der Waals surface area (Å²) in [7, 11) is 0. The Labute approximate surface area is 114 Å². The lowest BCUT2D eigenvalue weighted by atomic mass is 10.2. The molecule has 1 heterocycles. The van der Waals surface area contributed by atoms with Crippen molar-refractivity contribution in [1.29, 1.82) is 0 Å². The summed E-state index contributed by atoms with van der Waals surface area (Å²) >= 11 is 2.50. The van der Waals surface area contributed by atoms with Crippen LogP contribution in [0.4, 0.5) is 5.00 Å². The summed E-state index contributed by atoms with van der Waals surface area (Å²) in [4.78, 5) is 22.7. The van der Waals surface area contributed by atoms with Crippen molar-refractivity contribution < 1.29 is 14.7 Å². The van der Waals surface area contributed by atoms with Crippen molar-refractivity contribution in [3.8, 4) is 0 Å². The maximum atomic E-state index is 11.7. The smallest absolute Gasteiger partial charge is 0.340 e. The quantitative estimate of drug-likeness (QED) is 0.890. The first-order chi connectivity index (χ1) is 8.20. The number of aryl methyl sites for hydroxylation is 1. The number of aromatic carboxylic acids is 1. The Bertz CT molecular complexity index is 463. The van der Waals surface area contributed by atoms with Crippen LogP contribution in [0.3, 0.4) is 0 Å². The third-order valence-corrected chi connectivity index (χ3v) is 4.09. The molecule has 0 saturated carbocycles. The minimum atomic E-state index is -1.07. The number of rotatable bonds is 4. The zero-order valence-corrected chi connectivity index (χ0v) is 12.4. The number of aromatic nitrogens is 1. The van der Waals surface area contributed by atoms with Crippen LogP contribution >= 0.6 is 23.3 Å². The number of hydrogen-bond donors (Lipinski definition) is 2. The Morgan fingerprint density at radius 2 is 2.06 bits per heavy atom. The molecule has 0 aliphatic heterocycles. The number of anilines is 1. The van der Waals surface area contributed by atoms with E-state index in [0.29, 0.717) is 16.4 Å². The molecule has 2 N–H and O–H groups in total. The van der Waals surface area contributed by atoms with Crippen molar-refractivity contribution in [3.05, 3.63) is 11.3 Å². The molecule has 0 aromatic carbocycles. The standard InChI is InChI=1S/C11H16N2O3S2/c1-6-8(10(15)16)9(18-13-6)12-7(14)5-17-11(2,3)4/h5H2,1-4H3,(H,12,14)(H,15,16). The second-order valence-corrected chi connectivity index (χ2v) is 7.30. The number of carboxylic acid groups (broad SMARTS) is 1. The van der Waals surface area contributed by atoms with Crippen LogP contribution in [0.15, 0.2) is 0 Å². The summed E-state index contributed by atoms with van der Waals surface area (Å²) in [6.45, 7) is 7.67. The highest BCUT2D eigenvalue weighted by molar-refractivity contribution is 8.01. The van der Waals surface area contributed by atoms with Crippen molar-refractivity contribution in [2.24, 2.45) is 0 Å². The molecule has 1 aromatic heterocycles. The topological polar surface area (TPSA) is 79.3 Å². The lowest BCUT2D eigenvalue weighted by molar-refractivity contribution is -0.113. The highest BCUT2D eigenvalue weighted by Gasteiger charge is 2.20. The largest absolute Gasteiger partial charge is 0.478 e. The molecule has 0 atom stereocenters. The fraction of sp³-hybridized carbons (Fsp3) is 0.545. The first-order valence-corrected chi connectivity index (χ1v) is 7.10. The fourth-order valence-electron chi connectivity index (χ4n) is 1.15. The van der Waals surface area contributed by atoms with E-state index < -0.39 is 5.97 Å². The first-order valence-electron chi connectivity index (χ1n) is 5.34. The minimum Gasteiger partial charge on any atom is -0.478 e. The van der Waals surface area contributed by atoms with Gasteiger partial charge in [-0.15, -0.1) is 11.8 Å². The highest BCUT2D eigenvalue weighted by Crippen LogP contribution is 2.26. The summed E-state index contributed by atoms with van der Waals surface area (Å²) < 4.78 is 3.94. The summed E-state index contributed by atoms with van der Waals surface area (Å²) in [6, 6.07) is 0. The first kappa shape index (κ1) is 15.0. The van der Waals surface area contributed by atoms with Gasteiger partial charge in [-0.1, -0.05) is 20.8 Å². The van der Waals surface area contributed by atoms with E-state index in [9.17, 15) is 9.59 Å². The minimum absolute atomic E-state index is 0.00339. The van der Waals surface area contributed by atoms with Gasteiger partial charge in [-0.2, -0.15) is 4.37 Å². The zero-order valence-electron chi connectivity index (χ0n) is 10.7. The molecule has 7 heteroatoms. The Hall–Kier alpha value is -1.08. The number of carbonyl (C=O) groups excluding carboxylic acids is 1. The summed E-state index contributed by atoms with van der Waals surface area (Å²) in [5.74, 6) is -0.986. The van der Waals surface area contributed by atoms with Crippen molar-refractivity contribution >= 4 is 40.2 Å². The zero-order chi connectivity index (χ0) is 13.9. The Kier molecular flexibility index (Phi) is 4.75. The van der Waals surface area contributed by atoms with Gasteiger partial charge < -0.3 is 10.4 Å². The maximum absolute atomic E-state index is 11.7. The van der Waals surface area contributed by atoms with Gasteiger partial charge in [0.05, 0.1) is 11.4 Å². The average Bonchev–Trinajstić information content (AvgIpc) is 2.55. The number of hydrogen-bond acceptors (Lipinski definition) is 5. The molecule has 1 amide bonds. The van der Waals surface area contributed by atoms with Crippen LogP contribution in [0.25, 0.3) is 0 Å². The molecule has 0 radical (unpaired) electrons. The molecule has 0 unspecified atom stereocenters. The number of carbonyl (C=O) groups is 2. The van der Waals surface area contributed by atoms with Gasteiger partial charge in [-0.3, -0.25) is 4.79 Å². The molecule has 100 valence electrons. The molecule has 0 spiro atoms. The van der Waals surface area contributed by atoms with Crippen molar-refractivity contribution in [2.45, 2.75) is 32.4 Å². The molecule has 1 rings (SSSR count). The highest BCUT2D eigenvalue weighted by atomic mass is 32.2. The third-order valence-electron chi connectivity index (χ3n) is 1.97. The molecule has 0 aliphatic carbocycles. The van der Waals surface area contributed by atoms with E-state index in [0.717, 1.165) is 11.5 Å². The predicted octanol–water partition coefficient (Wildman–Crippen LogP) is 2.62. The third kappa shape index (κ3) is 4.30. The Morgan fingerprint density at radius 3 is 2.56 bits per heavy atom. The van der Waals surface area contributed by atoms with Gasteiger partial charge in [0, 0.05) is 4.75 Å². The van der Waals surface area contributed by atoms with Crippen molar-refractivity contribution in [2.75, 3.05) is 11.1 Å². The second kappa shape index (κ2) is 5.71. The average molecular weight is 288 g/mol. The molecule has 18 heavy (non-hydrogen) atoms. The molecule has 0 fully saturated rings. The number of nitrogens with zero attached hydrogens (tertiary/aromatic N) is 1. The normalized spacial score (nSPS) is 11.3. The van der Waals surface area contributed by atoms with Gasteiger partial charge in [0.25, 0.3) is 0 Å².